The van der Waals surface area contributed by atoms with Crippen molar-refractivity contribution >= 4 is 15.0 Å². The highest BCUT2D eigenvalue weighted by Gasteiger charge is 2.22. The van der Waals surface area contributed by atoms with Gasteiger partial charge in [0.2, 0.25) is 0 Å². The summed E-state index contributed by atoms with van der Waals surface area (Å²) in [6.07, 6.45) is 1.68. The Balaban J connectivity index is 3.98. The van der Waals surface area contributed by atoms with Gasteiger partial charge >= 0.3 is 0 Å². The Bertz CT molecular complexity index is 121. The van der Waals surface area contributed by atoms with Crippen molar-refractivity contribution in [1.29, 1.82) is 0 Å². The lowest BCUT2D eigenvalue weighted by molar-refractivity contribution is 0.216. The Labute approximate surface area is 64.6 Å². The van der Waals surface area contributed by atoms with Gasteiger partial charge in [-0.2, -0.15) is 0 Å². The second-order valence-corrected chi connectivity index (χ2v) is 6.49. The molecule has 0 aliphatic carbocycles. The van der Waals surface area contributed by atoms with Crippen molar-refractivity contribution in [2.24, 2.45) is 4.99 Å². The van der Waals surface area contributed by atoms with E-state index in [1.807, 2.05) is 13.8 Å². The first kappa shape index (κ1) is 9.85. The van der Waals surface area contributed by atoms with E-state index in [1.165, 1.54) is 0 Å². The van der Waals surface area contributed by atoms with E-state index in [4.69, 9.17) is 0 Å². The Morgan fingerprint density at radius 2 is 2.10 bits per heavy atom. The van der Waals surface area contributed by atoms with Gasteiger partial charge in [0.25, 0.3) is 0 Å². The summed E-state index contributed by atoms with van der Waals surface area (Å²) in [4.78, 5) is 4.02. The maximum absolute atomic E-state index is 9.64. The van der Waals surface area contributed by atoms with Gasteiger partial charge in [-0.25, -0.2) is 0 Å². The van der Waals surface area contributed by atoms with Crippen LogP contribution in [0.4, 0.5) is 0 Å². The van der Waals surface area contributed by atoms with Crippen molar-refractivity contribution in [3.05, 3.63) is 0 Å². The van der Waals surface area contributed by atoms with Crippen LogP contribution in [0.5, 0.6) is 0 Å². The van der Waals surface area contributed by atoms with Crippen molar-refractivity contribution < 1.29 is 5.11 Å². The normalized spacial score (nSPS) is 18.2. The second-order valence-electron chi connectivity index (χ2n) is 3.01. The number of nitrogens with zero attached hydrogens (tertiary/aromatic N) is 1. The number of hydrogen-bond donors (Lipinski definition) is 1. The highest BCUT2D eigenvalue weighted by atomic mass is 28.3. The fraction of sp³-hybridized carbons (Fsp3) is 0.857. The van der Waals surface area contributed by atoms with E-state index in [-0.39, 0.29) is 0 Å². The highest BCUT2D eigenvalue weighted by Crippen LogP contribution is 2.04. The maximum atomic E-state index is 9.64. The summed E-state index contributed by atoms with van der Waals surface area (Å²) in [5.41, 5.74) is 0. The fourth-order valence-electron chi connectivity index (χ4n) is 0.425. The van der Waals surface area contributed by atoms with Gasteiger partial charge in [-0.3, -0.25) is 4.99 Å². The zero-order chi connectivity index (χ0) is 8.20. The molecular formula is C7H17NOSi. The van der Waals surface area contributed by atoms with Crippen LogP contribution in [0.25, 0.3) is 0 Å². The first-order valence-corrected chi connectivity index (χ1v) is 6.62. The molecule has 2 nitrogen and oxygen atoms in total. The zero-order valence-corrected chi connectivity index (χ0v) is 8.41. The predicted octanol–water partition coefficient (Wildman–Crippen LogP) is 0.854. The Morgan fingerprint density at radius 1 is 1.60 bits per heavy atom. The minimum absolute atomic E-state index is 0.601. The minimum atomic E-state index is -1.00. The lowest BCUT2D eigenvalue weighted by Gasteiger charge is -2.21. The molecule has 1 atom stereocenters. The van der Waals surface area contributed by atoms with Crippen LogP contribution in [-0.2, 0) is 0 Å². The molecule has 0 fully saturated rings. The van der Waals surface area contributed by atoms with Crippen LogP contribution in [-0.4, -0.2) is 31.9 Å². The van der Waals surface area contributed by atoms with Crippen molar-refractivity contribution in [1.82, 2.24) is 0 Å². The smallest absolute Gasteiger partial charge is 0.0820 e. The molecule has 0 saturated carbocycles. The third kappa shape index (κ3) is 3.13. The molecule has 0 spiro atoms. The average Bonchev–Trinajstić information content (AvgIpc) is 1.84. The number of hydrogen-bond acceptors (Lipinski definition) is 2. The Hall–Kier alpha value is -0.153. The van der Waals surface area contributed by atoms with E-state index in [2.05, 4.69) is 18.1 Å². The van der Waals surface area contributed by atoms with Crippen LogP contribution in [0.3, 0.4) is 0 Å². The summed E-state index contributed by atoms with van der Waals surface area (Å²) in [6, 6.07) is 0. The van der Waals surface area contributed by atoms with Gasteiger partial charge in [0.15, 0.2) is 0 Å². The lowest BCUT2D eigenvalue weighted by Crippen LogP contribution is -2.40. The number of rotatable bonds is 3. The molecule has 0 saturated heterocycles. The molecular weight excluding hydrogens is 142 g/mol. The van der Waals surface area contributed by atoms with E-state index < -0.39 is 14.0 Å². The fourth-order valence-corrected chi connectivity index (χ4v) is 0.829. The van der Waals surface area contributed by atoms with Crippen molar-refractivity contribution in [3.8, 4) is 0 Å². The standard InChI is InChI=1S/C7H17NOSi/c1-5-8-6-7(2,9)10(3)4/h6,9-10H,5H2,1-4H3. The van der Waals surface area contributed by atoms with E-state index in [1.54, 1.807) is 6.21 Å². The van der Waals surface area contributed by atoms with E-state index >= 15 is 0 Å². The van der Waals surface area contributed by atoms with Crippen LogP contribution in [0, 0.1) is 0 Å². The Morgan fingerprint density at radius 3 is 2.40 bits per heavy atom. The highest BCUT2D eigenvalue weighted by molar-refractivity contribution is 6.62. The zero-order valence-electron chi connectivity index (χ0n) is 7.26. The van der Waals surface area contributed by atoms with Gasteiger partial charge in [0.05, 0.1) is 14.0 Å². The van der Waals surface area contributed by atoms with Crippen LogP contribution in [0.2, 0.25) is 13.1 Å². The predicted molar refractivity (Wildman–Crippen MR) is 48.5 cm³/mol. The summed E-state index contributed by atoms with van der Waals surface area (Å²) in [7, 11) is -1.00. The second kappa shape index (κ2) is 3.88. The molecule has 0 bridgehead atoms. The third-order valence-corrected chi connectivity index (χ3v) is 4.19. The van der Waals surface area contributed by atoms with Gasteiger partial charge in [0, 0.05) is 12.8 Å². The largest absolute Gasteiger partial charge is 0.389 e. The van der Waals surface area contributed by atoms with Gasteiger partial charge < -0.3 is 5.11 Å². The summed E-state index contributed by atoms with van der Waals surface area (Å²) in [5.74, 6) is 0. The van der Waals surface area contributed by atoms with Gasteiger partial charge in [0.1, 0.15) is 0 Å². The van der Waals surface area contributed by atoms with Crippen molar-refractivity contribution in [3.63, 3.8) is 0 Å². The first-order valence-electron chi connectivity index (χ1n) is 3.74. The van der Waals surface area contributed by atoms with Crippen molar-refractivity contribution in [2.75, 3.05) is 6.54 Å². The number of aliphatic imine (C=N–C) groups is 1. The molecule has 0 aliphatic rings. The van der Waals surface area contributed by atoms with Gasteiger partial charge in [-0.1, -0.05) is 13.1 Å². The molecule has 0 heterocycles. The van der Waals surface area contributed by atoms with Gasteiger partial charge in [-0.05, 0) is 13.8 Å². The molecule has 0 radical (unpaired) electrons. The van der Waals surface area contributed by atoms with Crippen LogP contribution >= 0.6 is 0 Å². The summed E-state index contributed by atoms with van der Waals surface area (Å²) in [5, 5.41) is 9.03. The molecule has 60 valence electrons. The van der Waals surface area contributed by atoms with E-state index in [0.717, 1.165) is 6.54 Å². The summed E-state index contributed by atoms with van der Waals surface area (Å²) >= 11 is 0. The molecule has 0 aromatic heterocycles. The monoisotopic (exact) mass is 159 g/mol. The first-order chi connectivity index (χ1) is 4.50. The summed E-state index contributed by atoms with van der Waals surface area (Å²) < 4.78 is 0. The average molecular weight is 159 g/mol. The molecule has 0 aliphatic heterocycles. The molecule has 0 aromatic rings. The molecule has 0 amide bonds. The molecule has 10 heavy (non-hydrogen) atoms. The number of aliphatic hydroxyl groups is 1. The summed E-state index contributed by atoms with van der Waals surface area (Å²) in [6.45, 7) is 8.79. The van der Waals surface area contributed by atoms with E-state index in [9.17, 15) is 5.11 Å². The Kier molecular flexibility index (Phi) is 3.82. The molecule has 1 N–H and O–H groups in total. The van der Waals surface area contributed by atoms with Crippen molar-refractivity contribution in [2.45, 2.75) is 32.2 Å². The molecule has 1 unspecified atom stereocenters. The van der Waals surface area contributed by atoms with Crippen LogP contribution in [0.1, 0.15) is 13.8 Å². The minimum Gasteiger partial charge on any atom is -0.389 e. The molecule has 0 rings (SSSR count). The maximum Gasteiger partial charge on any atom is 0.0820 e. The van der Waals surface area contributed by atoms with Gasteiger partial charge in [-0.15, -0.1) is 0 Å². The quantitative estimate of drug-likeness (QED) is 0.481. The topological polar surface area (TPSA) is 32.6 Å². The molecule has 0 aromatic carbocycles. The SMILES string of the molecule is CCN=CC(C)(O)[SiH](C)C. The lowest BCUT2D eigenvalue weighted by atomic mass is 10.4. The molecule has 3 heteroatoms. The van der Waals surface area contributed by atoms with Crippen LogP contribution < -0.4 is 0 Å². The third-order valence-electron chi connectivity index (χ3n) is 1.70. The van der Waals surface area contributed by atoms with Crippen LogP contribution in [0.15, 0.2) is 4.99 Å². The van der Waals surface area contributed by atoms with E-state index in [0.29, 0.717) is 0 Å².